The van der Waals surface area contributed by atoms with Gasteiger partial charge >= 0.3 is 0 Å². The number of ether oxygens (including phenoxy) is 1. The molecule has 0 amide bonds. The molecular weight excluding hydrogens is 264 g/mol. The Balaban J connectivity index is 3.14. The van der Waals surface area contributed by atoms with Crippen LogP contribution in [0.2, 0.25) is 0 Å². The highest BCUT2D eigenvalue weighted by molar-refractivity contribution is 5.49. The summed E-state index contributed by atoms with van der Waals surface area (Å²) in [6.45, 7) is 11.1. The molecule has 3 nitrogen and oxygen atoms in total. The van der Waals surface area contributed by atoms with Crippen molar-refractivity contribution in [1.29, 1.82) is 0 Å². The standard InChI is InChI=1S/C18H30O3/c1-6-8-21-17-9-12(3)18(14(5)13(17)4)15(7-2)10-16(20)11-19/h9,15-16,19-20H,6-8,10-11H2,1-5H3. The third-order valence-electron chi connectivity index (χ3n) is 4.24. The summed E-state index contributed by atoms with van der Waals surface area (Å²) in [6.07, 6.45) is 1.90. The van der Waals surface area contributed by atoms with Crippen molar-refractivity contribution in [2.45, 2.75) is 65.9 Å². The van der Waals surface area contributed by atoms with Crippen LogP contribution in [0.1, 0.15) is 61.3 Å². The monoisotopic (exact) mass is 294 g/mol. The van der Waals surface area contributed by atoms with Gasteiger partial charge in [0.15, 0.2) is 0 Å². The number of aryl methyl sites for hydroxylation is 1. The molecule has 2 atom stereocenters. The van der Waals surface area contributed by atoms with E-state index in [4.69, 9.17) is 9.84 Å². The molecule has 0 aliphatic rings. The lowest BCUT2D eigenvalue weighted by atomic mass is 9.83. The van der Waals surface area contributed by atoms with Crippen LogP contribution in [0.3, 0.4) is 0 Å². The van der Waals surface area contributed by atoms with E-state index in [2.05, 4.69) is 40.7 Å². The smallest absolute Gasteiger partial charge is 0.122 e. The van der Waals surface area contributed by atoms with E-state index in [1.54, 1.807) is 0 Å². The zero-order chi connectivity index (χ0) is 16.0. The van der Waals surface area contributed by atoms with Gasteiger partial charge in [-0.15, -0.1) is 0 Å². The van der Waals surface area contributed by atoms with Crippen molar-refractivity contribution in [3.05, 3.63) is 28.3 Å². The Hall–Kier alpha value is -1.06. The van der Waals surface area contributed by atoms with E-state index < -0.39 is 6.10 Å². The third kappa shape index (κ3) is 4.45. The van der Waals surface area contributed by atoms with Crippen molar-refractivity contribution in [3.8, 4) is 5.75 Å². The molecule has 3 heteroatoms. The van der Waals surface area contributed by atoms with Crippen LogP contribution in [-0.4, -0.2) is 29.5 Å². The van der Waals surface area contributed by atoms with E-state index in [0.717, 1.165) is 25.2 Å². The van der Waals surface area contributed by atoms with Gasteiger partial charge in [-0.25, -0.2) is 0 Å². The minimum Gasteiger partial charge on any atom is -0.493 e. The first kappa shape index (κ1) is 18.0. The summed E-state index contributed by atoms with van der Waals surface area (Å²) in [7, 11) is 0. The van der Waals surface area contributed by atoms with Gasteiger partial charge < -0.3 is 14.9 Å². The van der Waals surface area contributed by atoms with E-state index in [9.17, 15) is 5.11 Å². The Morgan fingerprint density at radius 1 is 1.14 bits per heavy atom. The highest BCUT2D eigenvalue weighted by Crippen LogP contribution is 2.36. The van der Waals surface area contributed by atoms with Gasteiger partial charge in [-0.2, -0.15) is 0 Å². The van der Waals surface area contributed by atoms with Gasteiger partial charge in [-0.3, -0.25) is 0 Å². The molecule has 0 saturated heterocycles. The molecule has 0 aliphatic heterocycles. The Morgan fingerprint density at radius 2 is 1.81 bits per heavy atom. The molecule has 0 aliphatic carbocycles. The molecule has 2 N–H and O–H groups in total. The zero-order valence-electron chi connectivity index (χ0n) is 14.1. The molecule has 1 rings (SSSR count). The van der Waals surface area contributed by atoms with Crippen molar-refractivity contribution < 1.29 is 14.9 Å². The highest BCUT2D eigenvalue weighted by Gasteiger charge is 2.20. The molecule has 1 aromatic rings. The number of hydrogen-bond acceptors (Lipinski definition) is 3. The lowest BCUT2D eigenvalue weighted by Gasteiger charge is -2.25. The second-order valence-corrected chi connectivity index (χ2v) is 5.88. The average molecular weight is 294 g/mol. The van der Waals surface area contributed by atoms with Crippen molar-refractivity contribution in [2.75, 3.05) is 13.2 Å². The summed E-state index contributed by atoms with van der Waals surface area (Å²) in [5.74, 6) is 1.24. The molecular formula is C18H30O3. The maximum Gasteiger partial charge on any atom is 0.122 e. The summed E-state index contributed by atoms with van der Waals surface area (Å²) >= 11 is 0. The number of aliphatic hydroxyl groups is 2. The van der Waals surface area contributed by atoms with Crippen LogP contribution in [0.25, 0.3) is 0 Å². The van der Waals surface area contributed by atoms with Crippen LogP contribution in [0.5, 0.6) is 5.75 Å². The Labute approximate surface area is 129 Å². The van der Waals surface area contributed by atoms with Crippen molar-refractivity contribution >= 4 is 0 Å². The summed E-state index contributed by atoms with van der Waals surface area (Å²) < 4.78 is 5.83. The molecule has 0 heterocycles. The Kier molecular flexibility index (Phi) is 7.20. The van der Waals surface area contributed by atoms with Gasteiger partial charge in [-0.05, 0) is 74.3 Å². The van der Waals surface area contributed by atoms with E-state index in [0.29, 0.717) is 6.42 Å². The number of aliphatic hydroxyl groups excluding tert-OH is 2. The van der Waals surface area contributed by atoms with Crippen LogP contribution in [0, 0.1) is 20.8 Å². The quantitative estimate of drug-likeness (QED) is 0.769. The predicted octanol–water partition coefficient (Wildman–Crippen LogP) is 3.64. The molecule has 120 valence electrons. The fourth-order valence-electron chi connectivity index (χ4n) is 2.95. The Bertz CT molecular complexity index is 454. The molecule has 0 spiro atoms. The van der Waals surface area contributed by atoms with Gasteiger partial charge in [0.05, 0.1) is 19.3 Å². The number of benzene rings is 1. The molecule has 1 aromatic carbocycles. The predicted molar refractivity (Wildman–Crippen MR) is 87.2 cm³/mol. The van der Waals surface area contributed by atoms with Gasteiger partial charge in [-0.1, -0.05) is 13.8 Å². The van der Waals surface area contributed by atoms with Crippen LogP contribution in [-0.2, 0) is 0 Å². The SMILES string of the molecule is CCCOc1cc(C)c(C(CC)CC(O)CO)c(C)c1C. The first-order valence-electron chi connectivity index (χ1n) is 7.98. The molecule has 2 unspecified atom stereocenters. The van der Waals surface area contributed by atoms with Crippen molar-refractivity contribution in [2.24, 2.45) is 0 Å². The lowest BCUT2D eigenvalue weighted by Crippen LogP contribution is -2.17. The van der Waals surface area contributed by atoms with Gasteiger partial charge in [0.25, 0.3) is 0 Å². The van der Waals surface area contributed by atoms with E-state index in [1.165, 1.54) is 22.3 Å². The third-order valence-corrected chi connectivity index (χ3v) is 4.24. The summed E-state index contributed by atoms with van der Waals surface area (Å²) in [6, 6.07) is 2.11. The second kappa shape index (κ2) is 8.40. The van der Waals surface area contributed by atoms with E-state index in [1.807, 2.05) is 0 Å². The molecule has 21 heavy (non-hydrogen) atoms. The van der Waals surface area contributed by atoms with Gasteiger partial charge in [0, 0.05) is 0 Å². The zero-order valence-corrected chi connectivity index (χ0v) is 14.1. The second-order valence-electron chi connectivity index (χ2n) is 5.88. The minimum absolute atomic E-state index is 0.175. The fraction of sp³-hybridized carbons (Fsp3) is 0.667. The summed E-state index contributed by atoms with van der Waals surface area (Å²) in [5, 5.41) is 18.9. The van der Waals surface area contributed by atoms with E-state index >= 15 is 0 Å². The van der Waals surface area contributed by atoms with Crippen LogP contribution in [0.15, 0.2) is 6.07 Å². The van der Waals surface area contributed by atoms with Crippen LogP contribution in [0.4, 0.5) is 0 Å². The van der Waals surface area contributed by atoms with Crippen LogP contribution < -0.4 is 4.74 Å². The van der Waals surface area contributed by atoms with Crippen molar-refractivity contribution in [1.82, 2.24) is 0 Å². The first-order valence-corrected chi connectivity index (χ1v) is 7.98. The molecule has 0 fully saturated rings. The summed E-state index contributed by atoms with van der Waals surface area (Å²) in [5.41, 5.74) is 4.94. The molecule has 0 radical (unpaired) electrons. The number of rotatable bonds is 8. The van der Waals surface area contributed by atoms with Gasteiger partial charge in [0.1, 0.15) is 5.75 Å². The topological polar surface area (TPSA) is 49.7 Å². The maximum atomic E-state index is 9.77. The highest BCUT2D eigenvalue weighted by atomic mass is 16.5. The average Bonchev–Trinajstić information content (AvgIpc) is 2.48. The fourth-order valence-corrected chi connectivity index (χ4v) is 2.95. The van der Waals surface area contributed by atoms with Crippen molar-refractivity contribution in [3.63, 3.8) is 0 Å². The summed E-state index contributed by atoms with van der Waals surface area (Å²) in [4.78, 5) is 0. The maximum absolute atomic E-state index is 9.77. The Morgan fingerprint density at radius 3 is 2.33 bits per heavy atom. The first-order chi connectivity index (χ1) is 9.96. The van der Waals surface area contributed by atoms with E-state index in [-0.39, 0.29) is 12.5 Å². The lowest BCUT2D eigenvalue weighted by molar-refractivity contribution is 0.0816. The molecule has 0 aromatic heterocycles. The largest absolute Gasteiger partial charge is 0.493 e. The molecule has 0 bridgehead atoms. The van der Waals surface area contributed by atoms with Crippen LogP contribution >= 0.6 is 0 Å². The van der Waals surface area contributed by atoms with Gasteiger partial charge in [0.2, 0.25) is 0 Å². The molecule has 0 saturated carbocycles. The normalized spacial score (nSPS) is 14.0. The minimum atomic E-state index is -0.648. The number of hydrogen-bond donors (Lipinski definition) is 2.